The summed E-state index contributed by atoms with van der Waals surface area (Å²) in [5, 5.41) is 4.35. The number of hydrogen-bond donors (Lipinski definition) is 1. The highest BCUT2D eigenvalue weighted by Crippen LogP contribution is 2.35. The summed E-state index contributed by atoms with van der Waals surface area (Å²) in [4.78, 5) is 23.8. The Morgan fingerprint density at radius 1 is 1.00 bits per heavy atom. The average molecular weight is 571 g/mol. The minimum Gasteiger partial charge on any atom is -0.489 e. The zero-order valence-corrected chi connectivity index (χ0v) is 24.6. The summed E-state index contributed by atoms with van der Waals surface area (Å²) in [6.45, 7) is 10.6. The van der Waals surface area contributed by atoms with Gasteiger partial charge in [0.25, 0.3) is 0 Å². The molecule has 4 aromatic rings. The molecule has 0 bridgehead atoms. The maximum absolute atomic E-state index is 12.4. The lowest BCUT2D eigenvalue weighted by atomic mass is 10.1. The lowest BCUT2D eigenvalue weighted by molar-refractivity contribution is -0.157. The number of nitrogens with zero attached hydrogens (tertiary/aromatic N) is 3. The Morgan fingerprint density at radius 2 is 1.79 bits per heavy atom. The van der Waals surface area contributed by atoms with Crippen LogP contribution in [0.5, 0.6) is 11.5 Å². The molecule has 0 spiro atoms. The van der Waals surface area contributed by atoms with Gasteiger partial charge in [0.1, 0.15) is 41.4 Å². The highest BCUT2D eigenvalue weighted by molar-refractivity contribution is 5.96. The maximum atomic E-state index is 12.4. The molecule has 2 heterocycles. The summed E-state index contributed by atoms with van der Waals surface area (Å²) in [6, 6.07) is 22.1. The van der Waals surface area contributed by atoms with Gasteiger partial charge in [0.15, 0.2) is 6.61 Å². The number of esters is 1. The van der Waals surface area contributed by atoms with Gasteiger partial charge >= 0.3 is 5.97 Å². The first-order valence-corrected chi connectivity index (χ1v) is 14.2. The number of ether oxygens (including phenoxy) is 4. The summed E-state index contributed by atoms with van der Waals surface area (Å²) < 4.78 is 23.1. The van der Waals surface area contributed by atoms with Crippen molar-refractivity contribution in [1.82, 2.24) is 9.97 Å². The first-order valence-electron chi connectivity index (χ1n) is 14.2. The van der Waals surface area contributed by atoms with Crippen molar-refractivity contribution in [2.45, 2.75) is 45.9 Å². The number of carbonyl (C=O) groups is 1. The molecule has 1 fully saturated rings. The summed E-state index contributed by atoms with van der Waals surface area (Å²) >= 11 is 0. The van der Waals surface area contributed by atoms with Gasteiger partial charge in [-0.1, -0.05) is 42.5 Å². The number of fused-ring (bicyclic) bond motifs is 1. The summed E-state index contributed by atoms with van der Waals surface area (Å²) in [5.74, 6) is 1.52. The van der Waals surface area contributed by atoms with Crippen molar-refractivity contribution >= 4 is 28.4 Å². The van der Waals surface area contributed by atoms with Crippen LogP contribution < -0.4 is 19.7 Å². The van der Waals surface area contributed by atoms with E-state index in [1.807, 2.05) is 75.4 Å². The molecule has 220 valence electrons. The van der Waals surface area contributed by atoms with Gasteiger partial charge in [-0.15, -0.1) is 0 Å². The monoisotopic (exact) mass is 570 g/mol. The molecule has 0 unspecified atom stereocenters. The smallest absolute Gasteiger partial charge is 0.344 e. The molecule has 9 heteroatoms. The first-order chi connectivity index (χ1) is 20.2. The third-order valence-electron chi connectivity index (χ3n) is 6.79. The molecular weight excluding hydrogens is 532 g/mol. The molecule has 3 aromatic carbocycles. The third-order valence-corrected chi connectivity index (χ3v) is 6.79. The van der Waals surface area contributed by atoms with E-state index in [0.29, 0.717) is 36.9 Å². The number of benzene rings is 3. The van der Waals surface area contributed by atoms with Crippen molar-refractivity contribution in [1.29, 1.82) is 0 Å². The summed E-state index contributed by atoms with van der Waals surface area (Å²) in [5.41, 5.74) is 3.13. The molecule has 1 aliphatic rings. The van der Waals surface area contributed by atoms with E-state index in [9.17, 15) is 4.79 Å². The minimum atomic E-state index is -0.600. The molecule has 0 amide bonds. The standard InChI is InChI=1S/C33H38N4O5/c1-23(25-11-8-12-27(17-25)40-20-24-9-6-5-7-10-24)36-32-28-18-26(37-13-15-39-16-14-37)19-29(31(28)34-22-35-32)41-21-30(38)42-33(2,3)4/h5-12,17-19,22-23H,13-16,20-21H2,1-4H3,(H,34,35,36)/t23-/m1/s1. The molecule has 1 saturated heterocycles. The molecule has 9 nitrogen and oxygen atoms in total. The van der Waals surface area contributed by atoms with Crippen LogP contribution in [0.15, 0.2) is 73.1 Å². The molecule has 0 aliphatic carbocycles. The number of carbonyl (C=O) groups excluding carboxylic acids is 1. The van der Waals surface area contributed by atoms with E-state index in [2.05, 4.69) is 39.2 Å². The molecule has 1 atom stereocenters. The van der Waals surface area contributed by atoms with E-state index >= 15 is 0 Å². The maximum Gasteiger partial charge on any atom is 0.344 e. The van der Waals surface area contributed by atoms with Crippen molar-refractivity contribution in [3.63, 3.8) is 0 Å². The van der Waals surface area contributed by atoms with E-state index in [-0.39, 0.29) is 12.6 Å². The van der Waals surface area contributed by atoms with E-state index in [1.54, 1.807) is 0 Å². The van der Waals surface area contributed by atoms with Gasteiger partial charge in [-0.25, -0.2) is 14.8 Å². The number of aromatic nitrogens is 2. The molecule has 0 saturated carbocycles. The lowest BCUT2D eigenvalue weighted by Crippen LogP contribution is -2.36. The number of anilines is 2. The van der Waals surface area contributed by atoms with Gasteiger partial charge in [0, 0.05) is 30.2 Å². The Balaban J connectivity index is 1.40. The van der Waals surface area contributed by atoms with Crippen LogP contribution in [-0.4, -0.2) is 54.4 Å². The summed E-state index contributed by atoms with van der Waals surface area (Å²) in [7, 11) is 0. The normalized spacial score (nSPS) is 14.3. The molecule has 42 heavy (non-hydrogen) atoms. The number of morpholine rings is 1. The second-order valence-electron chi connectivity index (χ2n) is 11.2. The second kappa shape index (κ2) is 13.1. The van der Waals surface area contributed by atoms with Crippen molar-refractivity contribution < 1.29 is 23.7 Å². The number of hydrogen-bond acceptors (Lipinski definition) is 9. The van der Waals surface area contributed by atoms with E-state index in [0.717, 1.165) is 41.0 Å². The van der Waals surface area contributed by atoms with Gasteiger partial charge in [0.05, 0.1) is 19.3 Å². The topological polar surface area (TPSA) is 95.0 Å². The molecule has 1 aliphatic heterocycles. The van der Waals surface area contributed by atoms with Crippen LogP contribution in [0, 0.1) is 0 Å². The van der Waals surface area contributed by atoms with Crippen molar-refractivity contribution in [3.8, 4) is 11.5 Å². The van der Waals surface area contributed by atoms with Crippen molar-refractivity contribution in [3.05, 3.63) is 84.2 Å². The summed E-state index contributed by atoms with van der Waals surface area (Å²) in [6.07, 6.45) is 1.51. The van der Waals surface area contributed by atoms with Crippen LogP contribution in [0.25, 0.3) is 10.9 Å². The molecule has 5 rings (SSSR count). The fourth-order valence-corrected chi connectivity index (χ4v) is 4.76. The zero-order valence-electron chi connectivity index (χ0n) is 24.6. The van der Waals surface area contributed by atoms with Crippen molar-refractivity contribution in [2.75, 3.05) is 43.1 Å². The van der Waals surface area contributed by atoms with E-state index in [1.165, 1.54) is 6.33 Å². The Morgan fingerprint density at radius 3 is 2.55 bits per heavy atom. The fraction of sp³-hybridized carbons (Fsp3) is 0.364. The van der Waals surface area contributed by atoms with Crippen LogP contribution in [0.4, 0.5) is 11.5 Å². The van der Waals surface area contributed by atoms with Gasteiger partial charge in [-0.3, -0.25) is 0 Å². The predicted octanol–water partition coefficient (Wildman–Crippen LogP) is 5.94. The predicted molar refractivity (Wildman–Crippen MR) is 163 cm³/mol. The van der Waals surface area contributed by atoms with Crippen LogP contribution in [0.2, 0.25) is 0 Å². The Labute approximate surface area is 246 Å². The van der Waals surface area contributed by atoms with Gasteiger partial charge < -0.3 is 29.2 Å². The quantitative estimate of drug-likeness (QED) is 0.233. The minimum absolute atomic E-state index is 0.0819. The van der Waals surface area contributed by atoms with Crippen LogP contribution >= 0.6 is 0 Å². The average Bonchev–Trinajstić information content (AvgIpc) is 2.99. The largest absolute Gasteiger partial charge is 0.489 e. The van der Waals surface area contributed by atoms with Crippen LogP contribution in [-0.2, 0) is 20.9 Å². The van der Waals surface area contributed by atoms with E-state index < -0.39 is 11.6 Å². The molecular formula is C33H38N4O5. The van der Waals surface area contributed by atoms with Crippen LogP contribution in [0.3, 0.4) is 0 Å². The highest BCUT2D eigenvalue weighted by atomic mass is 16.6. The molecule has 1 aromatic heterocycles. The molecule has 1 N–H and O–H groups in total. The third kappa shape index (κ3) is 7.67. The van der Waals surface area contributed by atoms with Crippen molar-refractivity contribution in [2.24, 2.45) is 0 Å². The molecule has 0 radical (unpaired) electrons. The Kier molecular flexibility index (Phi) is 9.07. The lowest BCUT2D eigenvalue weighted by Gasteiger charge is -2.29. The Bertz CT molecular complexity index is 1500. The second-order valence-corrected chi connectivity index (χ2v) is 11.2. The SMILES string of the molecule is C[C@@H](Nc1ncnc2c(OCC(=O)OC(C)(C)C)cc(N3CCOCC3)cc12)c1cccc(OCc2ccccc2)c1. The Hall–Kier alpha value is -4.37. The highest BCUT2D eigenvalue weighted by Gasteiger charge is 2.21. The van der Waals surface area contributed by atoms with E-state index in [4.69, 9.17) is 18.9 Å². The van der Waals surface area contributed by atoms with Gasteiger partial charge in [-0.05, 0) is 57.0 Å². The zero-order chi connectivity index (χ0) is 29.5. The fourth-order valence-electron chi connectivity index (χ4n) is 4.76. The number of rotatable bonds is 10. The van der Waals surface area contributed by atoms with Gasteiger partial charge in [0.2, 0.25) is 0 Å². The number of nitrogens with one attached hydrogen (secondary N) is 1. The first kappa shape index (κ1) is 29.1. The van der Waals surface area contributed by atoms with Crippen LogP contribution in [0.1, 0.15) is 44.9 Å². The van der Waals surface area contributed by atoms with Gasteiger partial charge in [-0.2, -0.15) is 0 Å².